The summed E-state index contributed by atoms with van der Waals surface area (Å²) in [7, 11) is 6.18. The fourth-order valence-electron chi connectivity index (χ4n) is 8.58. The molecule has 2 aromatic carbocycles. The van der Waals surface area contributed by atoms with Crippen molar-refractivity contribution in [3.8, 4) is 0 Å². The number of nitrogens with zero attached hydrogens (tertiary/aromatic N) is 5. The molecular formula is C51H44Cl2N8O. The Kier molecular flexibility index (Phi) is 9.89. The van der Waals surface area contributed by atoms with E-state index in [0.29, 0.717) is 28.2 Å². The molecule has 2 atom stereocenters. The van der Waals surface area contributed by atoms with Crippen molar-refractivity contribution in [2.24, 2.45) is 9.98 Å². The van der Waals surface area contributed by atoms with Crippen molar-refractivity contribution >= 4 is 62.9 Å². The second-order valence-corrected chi connectivity index (χ2v) is 17.4. The lowest BCUT2D eigenvalue weighted by Crippen LogP contribution is -2.41. The van der Waals surface area contributed by atoms with Gasteiger partial charge < -0.3 is 30.0 Å². The molecule has 6 aliphatic rings. The number of anilines is 1. The standard InChI is InChI=1S/C51H44Cl2N8O/c1-59-27-20-33(21-28-59)46-39-13-14-41(55-39)47(34-22-29-60(2)30-23-34)43-17-18-45(57-43)51(53,37-9-11-38(12-10-37)54-49(62)36-7-5-4-6-8-36)50(52)26-19-44(58-50)48(42-16-15-40(46)56-42)35-24-31-61(3)32-25-35/h4-27,29,31,56-57H,28,30,32H2,1-3H3,(H,54,62). The van der Waals surface area contributed by atoms with E-state index in [4.69, 9.17) is 33.2 Å². The number of aromatic amines is 2. The highest BCUT2D eigenvalue weighted by atomic mass is 35.5. The van der Waals surface area contributed by atoms with Gasteiger partial charge in [0.05, 0.1) is 17.1 Å². The number of carbonyl (C=O) groups is 1. The molecule has 0 fully saturated rings. The summed E-state index contributed by atoms with van der Waals surface area (Å²) in [6.45, 7) is 2.25. The third-order valence-electron chi connectivity index (χ3n) is 12.0. The first kappa shape index (κ1) is 39.3. The molecular weight excluding hydrogens is 812 g/mol. The summed E-state index contributed by atoms with van der Waals surface area (Å²) in [6.07, 6.45) is 27.4. The number of hydrogen-bond donors (Lipinski definition) is 3. The molecule has 4 aromatic rings. The molecule has 2 aromatic heterocycles. The number of allylic oxidation sites excluding steroid dienone is 10. The highest BCUT2D eigenvalue weighted by Gasteiger charge is 2.53. The number of carbonyl (C=O) groups excluding carboxylic acids is 1. The van der Waals surface area contributed by atoms with Crippen molar-refractivity contribution in [1.82, 2.24) is 24.7 Å². The zero-order chi connectivity index (χ0) is 42.6. The second-order valence-electron chi connectivity index (χ2n) is 16.2. The molecule has 0 saturated heterocycles. The zero-order valence-electron chi connectivity index (χ0n) is 34.5. The number of halogens is 2. The first-order chi connectivity index (χ1) is 30.1. The minimum absolute atomic E-state index is 0.207. The Labute approximate surface area is 370 Å². The first-order valence-corrected chi connectivity index (χ1v) is 21.4. The van der Waals surface area contributed by atoms with Crippen LogP contribution in [0.2, 0.25) is 0 Å². The molecule has 62 heavy (non-hydrogen) atoms. The maximum absolute atomic E-state index is 13.1. The molecule has 0 saturated carbocycles. The molecule has 2 unspecified atom stereocenters. The molecule has 10 rings (SSSR count). The molecule has 3 N–H and O–H groups in total. The van der Waals surface area contributed by atoms with E-state index in [9.17, 15) is 4.79 Å². The van der Waals surface area contributed by atoms with Crippen LogP contribution in [-0.4, -0.2) is 87.8 Å². The maximum atomic E-state index is 13.1. The normalized spacial score (nSPS) is 22.9. The average molecular weight is 856 g/mol. The van der Waals surface area contributed by atoms with Gasteiger partial charge in [0.25, 0.3) is 5.91 Å². The first-order valence-electron chi connectivity index (χ1n) is 20.6. The molecule has 0 aliphatic carbocycles. The molecule has 6 aliphatic heterocycles. The number of aromatic nitrogens is 2. The van der Waals surface area contributed by atoms with E-state index in [1.807, 2.05) is 60.7 Å². The van der Waals surface area contributed by atoms with Gasteiger partial charge in [0, 0.05) is 90.8 Å². The maximum Gasteiger partial charge on any atom is 0.255 e. The highest BCUT2D eigenvalue weighted by molar-refractivity contribution is 6.41. The van der Waals surface area contributed by atoms with Gasteiger partial charge in [0.1, 0.15) is 0 Å². The van der Waals surface area contributed by atoms with Crippen molar-refractivity contribution in [3.63, 3.8) is 0 Å². The summed E-state index contributed by atoms with van der Waals surface area (Å²) in [4.78, 5) is 35.0. The number of likely N-dealkylation sites (N-methyl/N-ethyl adjacent to an activating group) is 3. The quantitative estimate of drug-likeness (QED) is 0.136. The van der Waals surface area contributed by atoms with Crippen molar-refractivity contribution in [1.29, 1.82) is 0 Å². The summed E-state index contributed by atoms with van der Waals surface area (Å²) in [5.41, 5.74) is 11.7. The van der Waals surface area contributed by atoms with E-state index in [2.05, 4.69) is 137 Å². The van der Waals surface area contributed by atoms with Gasteiger partial charge in [-0.1, -0.05) is 60.2 Å². The fourth-order valence-corrected chi connectivity index (χ4v) is 9.29. The van der Waals surface area contributed by atoms with Crippen LogP contribution in [-0.2, 0) is 4.87 Å². The average Bonchev–Trinajstić information content (AvgIpc) is 4.13. The monoisotopic (exact) mass is 854 g/mol. The number of hydrogen-bond acceptors (Lipinski definition) is 6. The molecule has 0 radical (unpaired) electrons. The number of fused-ring (bicyclic) bond motifs is 6. The summed E-state index contributed by atoms with van der Waals surface area (Å²) in [5.74, 6) is -0.207. The Bertz CT molecular complexity index is 3000. The predicted octanol–water partition coefficient (Wildman–Crippen LogP) is 7.92. The summed E-state index contributed by atoms with van der Waals surface area (Å²) in [5, 5.41) is 4.83. The largest absolute Gasteiger partial charge is 0.377 e. The number of H-pyrrole nitrogens is 2. The van der Waals surface area contributed by atoms with Crippen LogP contribution in [0.1, 0.15) is 27.3 Å². The van der Waals surface area contributed by atoms with Crippen molar-refractivity contribution in [2.45, 2.75) is 9.87 Å². The van der Waals surface area contributed by atoms with E-state index >= 15 is 0 Å². The summed E-state index contributed by atoms with van der Waals surface area (Å²) >= 11 is 16.1. The van der Waals surface area contributed by atoms with Gasteiger partial charge in [-0.3, -0.25) is 9.79 Å². The highest BCUT2D eigenvalue weighted by Crippen LogP contribution is 2.53. The number of alkyl halides is 2. The third-order valence-corrected chi connectivity index (χ3v) is 13.3. The van der Waals surface area contributed by atoms with Crippen molar-refractivity contribution < 1.29 is 4.79 Å². The summed E-state index contributed by atoms with van der Waals surface area (Å²) < 4.78 is 0. The second kappa shape index (κ2) is 15.6. The van der Waals surface area contributed by atoms with Gasteiger partial charge in [-0.05, 0) is 132 Å². The topological polar surface area (TPSA) is 95.1 Å². The Morgan fingerprint density at radius 3 is 1.84 bits per heavy atom. The van der Waals surface area contributed by atoms with Crippen LogP contribution in [0.15, 0.2) is 191 Å². The Hall–Kier alpha value is -6.81. The van der Waals surface area contributed by atoms with E-state index in [1.54, 1.807) is 12.1 Å². The van der Waals surface area contributed by atoms with Crippen LogP contribution in [0, 0.1) is 0 Å². The number of aliphatic imine (C=N–C) groups is 2. The van der Waals surface area contributed by atoms with E-state index in [1.165, 1.54) is 0 Å². The SMILES string of the molecule is CN1C=CC(C2=C3C=CC(=N3)C(C3=CCN(C)C=C3)=c3ccc([nH]3)=C(C3=CCN(C)C=C3)C3=NC(Cl)(C=C3)C(Cl)(c3ccc(NC(=O)c4ccccc4)cc3)c3ccc2[nH]3)=CC1. The van der Waals surface area contributed by atoms with Crippen molar-refractivity contribution in [2.75, 3.05) is 46.1 Å². The van der Waals surface area contributed by atoms with Crippen LogP contribution in [0.3, 0.4) is 0 Å². The molecule has 9 nitrogen and oxygen atoms in total. The van der Waals surface area contributed by atoms with Gasteiger partial charge in [0.2, 0.25) is 0 Å². The van der Waals surface area contributed by atoms with Gasteiger partial charge in [-0.15, -0.1) is 11.6 Å². The zero-order valence-corrected chi connectivity index (χ0v) is 36.0. The molecule has 0 spiro atoms. The molecule has 8 heterocycles. The van der Waals surface area contributed by atoms with E-state index in [0.717, 1.165) is 80.9 Å². The molecule has 11 heteroatoms. The molecule has 8 bridgehead atoms. The number of benzene rings is 2. The summed E-state index contributed by atoms with van der Waals surface area (Å²) in [6, 6.07) is 24.9. The smallest absolute Gasteiger partial charge is 0.255 e. The van der Waals surface area contributed by atoms with Crippen LogP contribution in [0.25, 0.3) is 16.7 Å². The third kappa shape index (κ3) is 6.97. The van der Waals surface area contributed by atoms with Gasteiger partial charge >= 0.3 is 0 Å². The van der Waals surface area contributed by atoms with E-state index in [-0.39, 0.29) is 5.91 Å². The number of rotatable bonds is 6. The van der Waals surface area contributed by atoms with Crippen LogP contribution >= 0.6 is 23.2 Å². The Morgan fingerprint density at radius 2 is 1.24 bits per heavy atom. The van der Waals surface area contributed by atoms with Gasteiger partial charge in [0.15, 0.2) is 9.87 Å². The Balaban J connectivity index is 1.21. The molecule has 1 amide bonds. The van der Waals surface area contributed by atoms with Gasteiger partial charge in [-0.25, -0.2) is 4.99 Å². The number of nitrogens with one attached hydrogen (secondary N) is 3. The lowest BCUT2D eigenvalue weighted by atomic mass is 9.87. The Morgan fingerprint density at radius 1 is 0.645 bits per heavy atom. The fraction of sp³-hybridized carbons (Fsp3) is 0.157. The van der Waals surface area contributed by atoms with Crippen LogP contribution < -0.4 is 16.0 Å². The van der Waals surface area contributed by atoms with Gasteiger partial charge in [-0.2, -0.15) is 0 Å². The lowest BCUT2D eigenvalue weighted by Gasteiger charge is -2.37. The van der Waals surface area contributed by atoms with E-state index < -0.39 is 9.87 Å². The minimum Gasteiger partial charge on any atom is -0.377 e. The predicted molar refractivity (Wildman–Crippen MR) is 253 cm³/mol. The van der Waals surface area contributed by atoms with Crippen molar-refractivity contribution in [3.05, 3.63) is 214 Å². The number of amides is 1. The van der Waals surface area contributed by atoms with Crippen LogP contribution in [0.5, 0.6) is 0 Å². The van der Waals surface area contributed by atoms with Crippen LogP contribution in [0.4, 0.5) is 5.69 Å². The lowest BCUT2D eigenvalue weighted by molar-refractivity contribution is 0.102. The minimum atomic E-state index is -1.51. The molecule has 308 valence electrons.